The Kier molecular flexibility index (Phi) is 2.96. The Labute approximate surface area is 100.0 Å². The van der Waals surface area contributed by atoms with Gasteiger partial charge >= 0.3 is 5.97 Å². The first kappa shape index (κ1) is 11.1. The topological polar surface area (TPSA) is 30.7 Å². The Morgan fingerprint density at radius 3 is 2.94 bits per heavy atom. The summed E-state index contributed by atoms with van der Waals surface area (Å²) in [5.41, 5.74) is 0.940. The van der Waals surface area contributed by atoms with E-state index >= 15 is 0 Å². The average Bonchev–Trinajstić information content (AvgIpc) is 2.70. The highest BCUT2D eigenvalue weighted by Gasteiger charge is 2.12. The fraction of sp³-hybridized carbons (Fsp3) is 0.182. The van der Waals surface area contributed by atoms with Gasteiger partial charge in [-0.3, -0.25) is 4.40 Å². The Morgan fingerprint density at radius 2 is 2.31 bits per heavy atom. The first-order chi connectivity index (χ1) is 7.63. The lowest BCUT2D eigenvalue weighted by atomic mass is 10.3. The van der Waals surface area contributed by atoms with Gasteiger partial charge in [0.25, 0.3) is 0 Å². The third-order valence-electron chi connectivity index (χ3n) is 2.17. The number of ether oxygens (including phenoxy) is 1. The van der Waals surface area contributed by atoms with E-state index in [-0.39, 0.29) is 0 Å². The van der Waals surface area contributed by atoms with E-state index < -0.39 is 11.9 Å². The Bertz CT molecular complexity index is 511. The number of carbonyl (C=O) groups is 1. The number of esters is 1. The molecule has 0 unspecified atom stereocenters. The molecule has 2 heterocycles. The van der Waals surface area contributed by atoms with Crippen LogP contribution in [0.1, 0.15) is 17.3 Å². The zero-order valence-electron chi connectivity index (χ0n) is 8.54. The highest BCUT2D eigenvalue weighted by Crippen LogP contribution is 2.22. The van der Waals surface area contributed by atoms with Gasteiger partial charge in [-0.05, 0) is 41.1 Å². The highest BCUT2D eigenvalue weighted by molar-refractivity contribution is 9.10. The fourth-order valence-corrected chi connectivity index (χ4v) is 1.89. The molecule has 2 rings (SSSR count). The van der Waals surface area contributed by atoms with E-state index in [0.717, 1.165) is 4.47 Å². The molecule has 0 radical (unpaired) electrons. The van der Waals surface area contributed by atoms with Crippen LogP contribution < -0.4 is 0 Å². The van der Waals surface area contributed by atoms with Gasteiger partial charge in [0.15, 0.2) is 5.95 Å². The standard InChI is InChI=1S/C11H9BrFNO2/c1-2-16-11(15)7-5-9-8(12)3-4-10(13)14(9)6-7/h3-6H,2H2,1H3. The summed E-state index contributed by atoms with van der Waals surface area (Å²) < 4.78 is 20.3. The normalized spacial score (nSPS) is 10.7. The van der Waals surface area contributed by atoms with Crippen molar-refractivity contribution in [2.75, 3.05) is 6.61 Å². The van der Waals surface area contributed by atoms with Gasteiger partial charge in [-0.15, -0.1) is 0 Å². The van der Waals surface area contributed by atoms with Gasteiger partial charge in [0.05, 0.1) is 17.7 Å². The fourth-order valence-electron chi connectivity index (χ4n) is 1.46. The number of nitrogens with zero attached hydrogens (tertiary/aromatic N) is 1. The lowest BCUT2D eigenvalue weighted by Crippen LogP contribution is -2.02. The summed E-state index contributed by atoms with van der Waals surface area (Å²) in [6, 6.07) is 4.51. The highest BCUT2D eigenvalue weighted by atomic mass is 79.9. The maximum Gasteiger partial charge on any atom is 0.339 e. The zero-order chi connectivity index (χ0) is 11.7. The Balaban J connectivity index is 2.55. The van der Waals surface area contributed by atoms with E-state index in [1.54, 1.807) is 19.1 Å². The molecule has 84 valence electrons. The minimum absolute atomic E-state index is 0.300. The quantitative estimate of drug-likeness (QED) is 0.627. The van der Waals surface area contributed by atoms with Crippen molar-refractivity contribution < 1.29 is 13.9 Å². The van der Waals surface area contributed by atoms with Crippen LogP contribution in [-0.4, -0.2) is 17.0 Å². The van der Waals surface area contributed by atoms with Crippen LogP contribution in [0.5, 0.6) is 0 Å². The summed E-state index contributed by atoms with van der Waals surface area (Å²) >= 11 is 3.29. The van der Waals surface area contributed by atoms with Gasteiger partial charge in [-0.2, -0.15) is 4.39 Å². The van der Waals surface area contributed by atoms with Crippen LogP contribution in [0.3, 0.4) is 0 Å². The van der Waals surface area contributed by atoms with E-state index in [1.807, 2.05) is 0 Å². The van der Waals surface area contributed by atoms with Gasteiger partial charge in [0.2, 0.25) is 0 Å². The van der Waals surface area contributed by atoms with E-state index in [0.29, 0.717) is 17.7 Å². The van der Waals surface area contributed by atoms with Crippen molar-refractivity contribution >= 4 is 27.4 Å². The molecule has 0 fully saturated rings. The molecule has 0 bridgehead atoms. The predicted octanol–water partition coefficient (Wildman–Crippen LogP) is 3.02. The maximum absolute atomic E-state index is 13.4. The molecule has 5 heteroatoms. The lowest BCUT2D eigenvalue weighted by molar-refractivity contribution is 0.0526. The van der Waals surface area contributed by atoms with Crippen LogP contribution >= 0.6 is 15.9 Å². The molecular formula is C11H9BrFNO2. The SMILES string of the molecule is CCOC(=O)c1cc2c(Br)ccc(F)n2c1. The first-order valence-corrected chi connectivity index (χ1v) is 5.56. The first-order valence-electron chi connectivity index (χ1n) is 4.76. The second kappa shape index (κ2) is 4.25. The Hall–Kier alpha value is -1.36. The number of hydrogen-bond donors (Lipinski definition) is 0. The van der Waals surface area contributed by atoms with Crippen LogP contribution in [0.15, 0.2) is 28.9 Å². The van der Waals surface area contributed by atoms with E-state index in [4.69, 9.17) is 4.74 Å². The van der Waals surface area contributed by atoms with Gasteiger partial charge in [0.1, 0.15) is 0 Å². The van der Waals surface area contributed by atoms with Crippen molar-refractivity contribution in [2.45, 2.75) is 6.92 Å². The van der Waals surface area contributed by atoms with Crippen LogP contribution in [0.25, 0.3) is 5.52 Å². The van der Waals surface area contributed by atoms with Crippen LogP contribution in [0.4, 0.5) is 4.39 Å². The molecule has 0 aliphatic carbocycles. The van der Waals surface area contributed by atoms with Gasteiger partial charge in [-0.1, -0.05) is 0 Å². The summed E-state index contributed by atoms with van der Waals surface area (Å²) in [7, 11) is 0. The summed E-state index contributed by atoms with van der Waals surface area (Å²) in [5, 5.41) is 0. The Morgan fingerprint density at radius 1 is 1.56 bits per heavy atom. The van der Waals surface area contributed by atoms with Crippen molar-refractivity contribution in [2.24, 2.45) is 0 Å². The number of hydrogen-bond acceptors (Lipinski definition) is 2. The van der Waals surface area contributed by atoms with Crippen molar-refractivity contribution in [1.29, 1.82) is 0 Å². The van der Waals surface area contributed by atoms with E-state index in [1.165, 1.54) is 16.7 Å². The number of aromatic nitrogens is 1. The molecule has 3 nitrogen and oxygen atoms in total. The molecule has 0 atom stereocenters. The van der Waals surface area contributed by atoms with Crippen molar-refractivity contribution in [3.05, 3.63) is 40.4 Å². The number of fused-ring (bicyclic) bond motifs is 1. The van der Waals surface area contributed by atoms with Crippen molar-refractivity contribution in [3.8, 4) is 0 Å². The monoisotopic (exact) mass is 285 g/mol. The van der Waals surface area contributed by atoms with Gasteiger partial charge in [0, 0.05) is 10.7 Å². The number of rotatable bonds is 2. The summed E-state index contributed by atoms with van der Waals surface area (Å²) in [6.07, 6.45) is 1.42. The second-order valence-corrected chi connectivity index (χ2v) is 4.06. The minimum Gasteiger partial charge on any atom is -0.462 e. The van der Waals surface area contributed by atoms with Crippen LogP contribution in [0.2, 0.25) is 0 Å². The molecule has 0 aliphatic heterocycles. The number of halogens is 2. The predicted molar refractivity (Wildman–Crippen MR) is 61.0 cm³/mol. The molecule has 0 saturated carbocycles. The molecule has 0 aromatic carbocycles. The zero-order valence-corrected chi connectivity index (χ0v) is 10.1. The van der Waals surface area contributed by atoms with E-state index in [2.05, 4.69) is 15.9 Å². The third-order valence-corrected chi connectivity index (χ3v) is 2.84. The minimum atomic E-state index is -0.447. The van der Waals surface area contributed by atoms with Crippen molar-refractivity contribution in [3.63, 3.8) is 0 Å². The molecule has 2 aromatic rings. The second-order valence-electron chi connectivity index (χ2n) is 3.21. The molecule has 2 aromatic heterocycles. The molecule has 0 spiro atoms. The van der Waals surface area contributed by atoms with E-state index in [9.17, 15) is 9.18 Å². The number of pyridine rings is 1. The summed E-state index contributed by atoms with van der Waals surface area (Å²) in [5.74, 6) is -0.869. The molecular weight excluding hydrogens is 277 g/mol. The third kappa shape index (κ3) is 1.82. The van der Waals surface area contributed by atoms with Crippen LogP contribution in [0, 0.1) is 5.95 Å². The molecule has 0 aliphatic rings. The lowest BCUT2D eigenvalue weighted by Gasteiger charge is -1.97. The maximum atomic E-state index is 13.4. The largest absolute Gasteiger partial charge is 0.462 e. The number of carbonyl (C=O) groups excluding carboxylic acids is 1. The average molecular weight is 286 g/mol. The van der Waals surface area contributed by atoms with Crippen molar-refractivity contribution in [1.82, 2.24) is 4.40 Å². The molecule has 16 heavy (non-hydrogen) atoms. The molecule has 0 N–H and O–H groups in total. The smallest absolute Gasteiger partial charge is 0.339 e. The summed E-state index contributed by atoms with van der Waals surface area (Å²) in [4.78, 5) is 11.5. The van der Waals surface area contributed by atoms with Gasteiger partial charge < -0.3 is 4.74 Å². The van der Waals surface area contributed by atoms with Crippen LogP contribution in [-0.2, 0) is 4.74 Å². The molecule has 0 amide bonds. The molecule has 0 saturated heterocycles. The van der Waals surface area contributed by atoms with Gasteiger partial charge in [-0.25, -0.2) is 4.79 Å². The summed E-state index contributed by atoms with van der Waals surface area (Å²) in [6.45, 7) is 2.03.